The van der Waals surface area contributed by atoms with Crippen molar-refractivity contribution in [1.29, 1.82) is 0 Å². The fraction of sp³-hybridized carbons (Fsp3) is 0.429. The van der Waals surface area contributed by atoms with Gasteiger partial charge in [-0.1, -0.05) is 87.1 Å². The highest BCUT2D eigenvalue weighted by Gasteiger charge is 2.23. The van der Waals surface area contributed by atoms with Crippen molar-refractivity contribution in [2.45, 2.75) is 70.8 Å². The van der Waals surface area contributed by atoms with E-state index < -0.39 is 6.04 Å². The Balaban J connectivity index is 1.34. The normalized spacial score (nSPS) is 12.8. The van der Waals surface area contributed by atoms with Crippen LogP contribution >= 0.6 is 11.3 Å². The number of hydrogen-bond acceptors (Lipinski definition) is 7. The van der Waals surface area contributed by atoms with Crippen molar-refractivity contribution in [1.82, 2.24) is 15.5 Å². The summed E-state index contributed by atoms with van der Waals surface area (Å²) in [5.74, 6) is 0.927. The number of unbranched alkanes of at least 4 members (excludes halogenated alkanes) is 6. The maximum atomic E-state index is 13.2. The number of carbonyl (C=O) groups is 2. The SMILES string of the molecule is CCCCCCCCCC(=O)NC(Cc1ccccc1)C(=O)Nc1nnc(-c2ccc3c(c2)OCO3)s1. The topological polar surface area (TPSA) is 102 Å². The number of anilines is 1. The number of benzene rings is 2. The number of nitrogens with one attached hydrogen (secondary N) is 2. The van der Waals surface area contributed by atoms with Crippen molar-refractivity contribution in [2.75, 3.05) is 12.1 Å². The van der Waals surface area contributed by atoms with Crippen molar-refractivity contribution in [3.63, 3.8) is 0 Å². The van der Waals surface area contributed by atoms with Crippen molar-refractivity contribution < 1.29 is 19.1 Å². The summed E-state index contributed by atoms with van der Waals surface area (Å²) in [6.07, 6.45) is 8.77. The number of amides is 2. The first kappa shape index (κ1) is 26.6. The van der Waals surface area contributed by atoms with Crippen molar-refractivity contribution in [3.05, 3.63) is 54.1 Å². The van der Waals surface area contributed by atoms with Crippen LogP contribution in [0.4, 0.5) is 5.13 Å². The summed E-state index contributed by atoms with van der Waals surface area (Å²) in [5, 5.41) is 15.2. The Hall–Kier alpha value is -3.46. The van der Waals surface area contributed by atoms with Crippen LogP contribution in [0.1, 0.15) is 63.9 Å². The van der Waals surface area contributed by atoms with E-state index in [1.165, 1.54) is 37.0 Å². The second-order valence-electron chi connectivity index (χ2n) is 9.15. The Morgan fingerprint density at radius 3 is 2.51 bits per heavy atom. The summed E-state index contributed by atoms with van der Waals surface area (Å²) in [6, 6.07) is 14.5. The maximum Gasteiger partial charge on any atom is 0.249 e. The minimum atomic E-state index is -0.711. The summed E-state index contributed by atoms with van der Waals surface area (Å²) in [6.45, 7) is 2.40. The first-order chi connectivity index (χ1) is 18.1. The molecule has 0 fully saturated rings. The lowest BCUT2D eigenvalue weighted by molar-refractivity contribution is -0.126. The molecule has 0 saturated carbocycles. The highest BCUT2D eigenvalue weighted by atomic mass is 32.1. The molecule has 1 aromatic heterocycles. The van der Waals surface area contributed by atoms with Crippen molar-refractivity contribution in [2.24, 2.45) is 0 Å². The lowest BCUT2D eigenvalue weighted by Crippen LogP contribution is -2.45. The molecule has 2 amide bonds. The molecule has 1 unspecified atom stereocenters. The van der Waals surface area contributed by atoms with Crippen LogP contribution in [0.25, 0.3) is 10.6 Å². The summed E-state index contributed by atoms with van der Waals surface area (Å²) in [5.41, 5.74) is 1.79. The summed E-state index contributed by atoms with van der Waals surface area (Å²) < 4.78 is 10.8. The average Bonchev–Trinajstić information content (AvgIpc) is 3.57. The van der Waals surface area contributed by atoms with Crippen LogP contribution in [0.5, 0.6) is 11.5 Å². The Morgan fingerprint density at radius 1 is 0.946 bits per heavy atom. The van der Waals surface area contributed by atoms with Gasteiger partial charge in [-0.3, -0.25) is 14.9 Å². The Bertz CT molecular complexity index is 1170. The Labute approximate surface area is 221 Å². The van der Waals surface area contributed by atoms with E-state index in [1.807, 2.05) is 48.5 Å². The van der Waals surface area contributed by atoms with Gasteiger partial charge >= 0.3 is 0 Å². The standard InChI is InChI=1S/C28H34N4O4S/c1-2-3-4-5-6-7-11-14-25(33)29-22(17-20-12-9-8-10-13-20)26(34)30-28-32-31-27(37-28)21-15-16-23-24(18-21)36-19-35-23/h8-10,12-13,15-16,18,22H,2-7,11,14,17,19H2,1H3,(H,29,33)(H,30,32,34). The van der Waals surface area contributed by atoms with Gasteiger partial charge in [-0.25, -0.2) is 0 Å². The molecule has 0 spiro atoms. The Morgan fingerprint density at radius 2 is 1.70 bits per heavy atom. The highest BCUT2D eigenvalue weighted by Crippen LogP contribution is 2.37. The quantitative estimate of drug-likeness (QED) is 0.262. The fourth-order valence-electron chi connectivity index (χ4n) is 4.18. The van der Waals surface area contributed by atoms with Crippen LogP contribution in [0.2, 0.25) is 0 Å². The molecule has 1 aliphatic rings. The molecule has 1 aliphatic heterocycles. The van der Waals surface area contributed by atoms with Gasteiger partial charge in [-0.15, -0.1) is 10.2 Å². The molecule has 0 bridgehead atoms. The number of hydrogen-bond donors (Lipinski definition) is 2. The van der Waals surface area contributed by atoms with Crippen LogP contribution in [-0.4, -0.2) is 34.8 Å². The average molecular weight is 523 g/mol. The molecule has 9 heteroatoms. The summed E-state index contributed by atoms with van der Waals surface area (Å²) in [4.78, 5) is 25.9. The minimum Gasteiger partial charge on any atom is -0.454 e. The van der Waals surface area contributed by atoms with Crippen LogP contribution < -0.4 is 20.1 Å². The first-order valence-corrected chi connectivity index (χ1v) is 13.8. The monoisotopic (exact) mass is 522 g/mol. The van der Waals surface area contributed by atoms with E-state index in [0.29, 0.717) is 34.5 Å². The van der Waals surface area contributed by atoms with E-state index in [0.717, 1.165) is 30.4 Å². The maximum absolute atomic E-state index is 13.2. The molecule has 8 nitrogen and oxygen atoms in total. The van der Waals surface area contributed by atoms with Gasteiger partial charge in [-0.05, 0) is 30.2 Å². The second-order valence-corrected chi connectivity index (χ2v) is 10.1. The predicted molar refractivity (Wildman–Crippen MR) is 145 cm³/mol. The van der Waals surface area contributed by atoms with E-state index >= 15 is 0 Å². The fourth-order valence-corrected chi connectivity index (χ4v) is 4.92. The van der Waals surface area contributed by atoms with Crippen LogP contribution in [-0.2, 0) is 16.0 Å². The zero-order chi connectivity index (χ0) is 25.9. The van der Waals surface area contributed by atoms with Gasteiger partial charge in [-0.2, -0.15) is 0 Å². The van der Waals surface area contributed by atoms with Gasteiger partial charge in [0, 0.05) is 18.4 Å². The predicted octanol–water partition coefficient (Wildman–Crippen LogP) is 5.74. The molecule has 2 N–H and O–H groups in total. The zero-order valence-electron chi connectivity index (χ0n) is 21.2. The van der Waals surface area contributed by atoms with Gasteiger partial charge in [0.05, 0.1) is 0 Å². The molecular weight excluding hydrogens is 488 g/mol. The minimum absolute atomic E-state index is 0.108. The van der Waals surface area contributed by atoms with Gasteiger partial charge in [0.15, 0.2) is 11.5 Å². The van der Waals surface area contributed by atoms with Crippen LogP contribution in [0.3, 0.4) is 0 Å². The molecule has 0 aliphatic carbocycles. The smallest absolute Gasteiger partial charge is 0.249 e. The molecule has 2 heterocycles. The number of aromatic nitrogens is 2. The number of nitrogens with zero attached hydrogens (tertiary/aromatic N) is 2. The second kappa shape index (κ2) is 13.7. The number of rotatable bonds is 14. The molecular formula is C28H34N4O4S. The number of fused-ring (bicyclic) bond motifs is 1. The van der Waals surface area contributed by atoms with Crippen LogP contribution in [0.15, 0.2) is 48.5 Å². The van der Waals surface area contributed by atoms with E-state index in [1.54, 1.807) is 0 Å². The van der Waals surface area contributed by atoms with Gasteiger partial charge in [0.2, 0.25) is 23.7 Å². The lowest BCUT2D eigenvalue weighted by Gasteiger charge is -2.18. The third-order valence-electron chi connectivity index (χ3n) is 6.22. The lowest BCUT2D eigenvalue weighted by atomic mass is 10.0. The number of carbonyl (C=O) groups excluding carboxylic acids is 2. The third-order valence-corrected chi connectivity index (χ3v) is 7.10. The molecule has 196 valence electrons. The van der Waals surface area contributed by atoms with E-state index in [4.69, 9.17) is 9.47 Å². The third kappa shape index (κ3) is 8.01. The number of ether oxygens (including phenoxy) is 2. The van der Waals surface area contributed by atoms with Gasteiger partial charge in [0.1, 0.15) is 11.0 Å². The molecule has 1 atom stereocenters. The molecule has 0 saturated heterocycles. The van der Waals surface area contributed by atoms with E-state index in [-0.39, 0.29) is 18.6 Å². The van der Waals surface area contributed by atoms with Gasteiger partial charge in [0.25, 0.3) is 0 Å². The molecule has 37 heavy (non-hydrogen) atoms. The highest BCUT2D eigenvalue weighted by molar-refractivity contribution is 7.18. The summed E-state index contributed by atoms with van der Waals surface area (Å²) >= 11 is 1.26. The Kier molecular flexibility index (Phi) is 9.88. The molecule has 2 aromatic carbocycles. The molecule has 0 radical (unpaired) electrons. The first-order valence-electron chi connectivity index (χ1n) is 13.0. The van der Waals surface area contributed by atoms with Gasteiger partial charge < -0.3 is 14.8 Å². The van der Waals surface area contributed by atoms with E-state index in [9.17, 15) is 9.59 Å². The molecule has 4 rings (SSSR count). The van der Waals surface area contributed by atoms with Crippen molar-refractivity contribution >= 4 is 28.3 Å². The van der Waals surface area contributed by atoms with E-state index in [2.05, 4.69) is 27.8 Å². The van der Waals surface area contributed by atoms with Crippen molar-refractivity contribution in [3.8, 4) is 22.1 Å². The zero-order valence-corrected chi connectivity index (χ0v) is 22.0. The van der Waals surface area contributed by atoms with Crippen LogP contribution in [0, 0.1) is 0 Å². The largest absolute Gasteiger partial charge is 0.454 e. The molecule has 3 aromatic rings. The summed E-state index contributed by atoms with van der Waals surface area (Å²) in [7, 11) is 0.